The Balaban J connectivity index is 1.51. The fourth-order valence-corrected chi connectivity index (χ4v) is 3.74. The van der Waals surface area contributed by atoms with Crippen LogP contribution in [0.25, 0.3) is 0 Å². The molecule has 0 aliphatic carbocycles. The zero-order valence-electron chi connectivity index (χ0n) is 15.1. The van der Waals surface area contributed by atoms with Crippen molar-refractivity contribution in [1.82, 2.24) is 4.90 Å². The number of carbonyl (C=O) groups is 1. The summed E-state index contributed by atoms with van der Waals surface area (Å²) < 4.78 is 48.8. The van der Waals surface area contributed by atoms with Gasteiger partial charge in [-0.3, -0.25) is 9.69 Å². The van der Waals surface area contributed by atoms with Gasteiger partial charge in [0.1, 0.15) is 0 Å². The minimum atomic E-state index is -3.77. The number of nitrogens with zero attached hydrogens (tertiary/aromatic N) is 1. The second-order valence-electron chi connectivity index (χ2n) is 6.86. The summed E-state index contributed by atoms with van der Waals surface area (Å²) in [6, 6.07) is 9.55. The number of rotatable bonds is 5. The summed E-state index contributed by atoms with van der Waals surface area (Å²) in [5, 5.41) is 7.83. The van der Waals surface area contributed by atoms with Gasteiger partial charge in [0.15, 0.2) is 11.6 Å². The van der Waals surface area contributed by atoms with Gasteiger partial charge < -0.3 is 5.32 Å². The number of hydrogen-bond acceptors (Lipinski definition) is 4. The van der Waals surface area contributed by atoms with E-state index in [1.165, 1.54) is 30.3 Å². The van der Waals surface area contributed by atoms with Gasteiger partial charge in [-0.15, -0.1) is 0 Å². The molecule has 150 valence electrons. The fourth-order valence-electron chi connectivity index (χ4n) is 3.22. The molecule has 0 spiro atoms. The standard InChI is InChI=1S/C19H21F2N3O3S/c20-17-6-1-13(11-18(17)21)12-24-9-7-14(8-10-24)19(25)23-15-2-4-16(5-3-15)28(22,26)27/h1-6,11,14H,7-10,12H2,(H,23,25)(H2,22,26,27). The minimum Gasteiger partial charge on any atom is -0.326 e. The first-order valence-electron chi connectivity index (χ1n) is 8.82. The molecule has 0 saturated carbocycles. The summed E-state index contributed by atoms with van der Waals surface area (Å²) in [6.07, 6.45) is 1.29. The lowest BCUT2D eigenvalue weighted by molar-refractivity contribution is -0.121. The number of halogens is 2. The van der Waals surface area contributed by atoms with E-state index in [2.05, 4.69) is 10.2 Å². The maximum absolute atomic E-state index is 13.3. The van der Waals surface area contributed by atoms with E-state index in [-0.39, 0.29) is 16.7 Å². The number of amides is 1. The molecular formula is C19H21F2N3O3S. The van der Waals surface area contributed by atoms with E-state index in [0.717, 1.165) is 6.07 Å². The molecule has 0 unspecified atom stereocenters. The molecule has 1 saturated heterocycles. The van der Waals surface area contributed by atoms with E-state index in [9.17, 15) is 22.0 Å². The third kappa shape index (κ3) is 5.12. The van der Waals surface area contributed by atoms with Crippen molar-refractivity contribution >= 4 is 21.6 Å². The Morgan fingerprint density at radius 1 is 1.07 bits per heavy atom. The van der Waals surface area contributed by atoms with Crippen LogP contribution < -0.4 is 10.5 Å². The number of primary sulfonamides is 1. The third-order valence-electron chi connectivity index (χ3n) is 4.80. The monoisotopic (exact) mass is 409 g/mol. The second-order valence-corrected chi connectivity index (χ2v) is 8.42. The molecule has 0 radical (unpaired) electrons. The SMILES string of the molecule is NS(=O)(=O)c1ccc(NC(=O)C2CCN(Cc3ccc(F)c(F)c3)CC2)cc1. The summed E-state index contributed by atoms with van der Waals surface area (Å²) in [7, 11) is -3.77. The van der Waals surface area contributed by atoms with Gasteiger partial charge in [-0.25, -0.2) is 22.3 Å². The van der Waals surface area contributed by atoms with Crippen molar-refractivity contribution in [3.05, 3.63) is 59.7 Å². The van der Waals surface area contributed by atoms with Gasteiger partial charge in [-0.1, -0.05) is 6.07 Å². The Kier molecular flexibility index (Phi) is 6.07. The van der Waals surface area contributed by atoms with Crippen LogP contribution in [-0.4, -0.2) is 32.3 Å². The van der Waals surface area contributed by atoms with E-state index in [1.807, 2.05) is 0 Å². The zero-order valence-corrected chi connectivity index (χ0v) is 15.9. The van der Waals surface area contributed by atoms with Crippen molar-refractivity contribution in [1.29, 1.82) is 0 Å². The summed E-state index contributed by atoms with van der Waals surface area (Å²) in [6.45, 7) is 1.84. The van der Waals surface area contributed by atoms with E-state index in [1.54, 1.807) is 6.07 Å². The normalized spacial score (nSPS) is 16.1. The Morgan fingerprint density at radius 3 is 2.29 bits per heavy atom. The maximum atomic E-state index is 13.3. The van der Waals surface area contributed by atoms with Crippen molar-refractivity contribution in [3.63, 3.8) is 0 Å². The molecule has 1 aliphatic rings. The van der Waals surface area contributed by atoms with Crippen LogP contribution in [0.2, 0.25) is 0 Å². The molecule has 3 rings (SSSR count). The Labute approximate surface area is 162 Å². The molecule has 9 heteroatoms. The van der Waals surface area contributed by atoms with Crippen LogP contribution in [0.3, 0.4) is 0 Å². The van der Waals surface area contributed by atoms with Gasteiger partial charge in [0, 0.05) is 18.2 Å². The predicted molar refractivity (Wildman–Crippen MR) is 101 cm³/mol. The lowest BCUT2D eigenvalue weighted by atomic mass is 9.95. The number of carbonyl (C=O) groups excluding carboxylic acids is 1. The molecule has 0 atom stereocenters. The topological polar surface area (TPSA) is 92.5 Å². The lowest BCUT2D eigenvalue weighted by Gasteiger charge is -2.31. The summed E-state index contributed by atoms with van der Waals surface area (Å²) >= 11 is 0. The molecule has 2 aromatic rings. The zero-order chi connectivity index (χ0) is 20.3. The first kappa shape index (κ1) is 20.4. The highest BCUT2D eigenvalue weighted by atomic mass is 32.2. The number of benzene rings is 2. The summed E-state index contributed by atoms with van der Waals surface area (Å²) in [4.78, 5) is 14.5. The number of nitrogens with one attached hydrogen (secondary N) is 1. The molecule has 3 N–H and O–H groups in total. The van der Waals surface area contributed by atoms with Gasteiger partial charge >= 0.3 is 0 Å². The van der Waals surface area contributed by atoms with Crippen LogP contribution in [0.1, 0.15) is 18.4 Å². The Bertz CT molecular complexity index is 957. The maximum Gasteiger partial charge on any atom is 0.238 e. The van der Waals surface area contributed by atoms with Crippen molar-refractivity contribution in [2.45, 2.75) is 24.3 Å². The van der Waals surface area contributed by atoms with Crippen molar-refractivity contribution in [3.8, 4) is 0 Å². The van der Waals surface area contributed by atoms with Crippen molar-refractivity contribution in [2.75, 3.05) is 18.4 Å². The van der Waals surface area contributed by atoms with Crippen LogP contribution >= 0.6 is 0 Å². The van der Waals surface area contributed by atoms with E-state index in [0.29, 0.717) is 43.7 Å². The van der Waals surface area contributed by atoms with Crippen LogP contribution in [0.4, 0.5) is 14.5 Å². The summed E-state index contributed by atoms with van der Waals surface area (Å²) in [5.74, 6) is -2.02. The van der Waals surface area contributed by atoms with E-state index >= 15 is 0 Å². The van der Waals surface area contributed by atoms with Gasteiger partial charge in [0.05, 0.1) is 4.90 Å². The van der Waals surface area contributed by atoms with E-state index in [4.69, 9.17) is 5.14 Å². The Morgan fingerprint density at radius 2 is 1.71 bits per heavy atom. The largest absolute Gasteiger partial charge is 0.326 e. The number of likely N-dealkylation sites (tertiary alicyclic amines) is 1. The van der Waals surface area contributed by atoms with Crippen molar-refractivity contribution in [2.24, 2.45) is 11.1 Å². The number of sulfonamides is 1. The molecular weight excluding hydrogens is 388 g/mol. The highest BCUT2D eigenvalue weighted by Gasteiger charge is 2.25. The molecule has 28 heavy (non-hydrogen) atoms. The highest BCUT2D eigenvalue weighted by molar-refractivity contribution is 7.89. The quantitative estimate of drug-likeness (QED) is 0.794. The third-order valence-corrected chi connectivity index (χ3v) is 5.73. The number of hydrogen-bond donors (Lipinski definition) is 2. The number of nitrogens with two attached hydrogens (primary N) is 1. The van der Waals surface area contributed by atoms with E-state index < -0.39 is 21.7 Å². The first-order chi connectivity index (χ1) is 13.2. The number of anilines is 1. The summed E-state index contributed by atoms with van der Waals surface area (Å²) in [5.41, 5.74) is 1.19. The fraction of sp³-hybridized carbons (Fsp3) is 0.316. The van der Waals surface area contributed by atoms with Crippen LogP contribution in [-0.2, 0) is 21.4 Å². The smallest absolute Gasteiger partial charge is 0.238 e. The molecule has 2 aromatic carbocycles. The molecule has 0 aromatic heterocycles. The van der Waals surface area contributed by atoms with Gasteiger partial charge in [0.25, 0.3) is 0 Å². The molecule has 1 heterocycles. The minimum absolute atomic E-state index is 0.0176. The predicted octanol–water partition coefficient (Wildman–Crippen LogP) is 2.46. The molecule has 6 nitrogen and oxygen atoms in total. The molecule has 1 amide bonds. The second kappa shape index (κ2) is 8.34. The van der Waals surface area contributed by atoms with Crippen molar-refractivity contribution < 1.29 is 22.0 Å². The van der Waals surface area contributed by atoms with Gasteiger partial charge in [0.2, 0.25) is 15.9 Å². The molecule has 1 aliphatic heterocycles. The first-order valence-corrected chi connectivity index (χ1v) is 10.4. The number of piperidine rings is 1. The van der Waals surface area contributed by atoms with Crippen LogP contribution in [0.5, 0.6) is 0 Å². The average molecular weight is 409 g/mol. The lowest BCUT2D eigenvalue weighted by Crippen LogP contribution is -2.37. The Hall–Kier alpha value is -2.36. The van der Waals surface area contributed by atoms with Gasteiger partial charge in [-0.05, 0) is 67.9 Å². The molecule has 0 bridgehead atoms. The molecule has 1 fully saturated rings. The van der Waals surface area contributed by atoms with Crippen LogP contribution in [0, 0.1) is 17.6 Å². The highest BCUT2D eigenvalue weighted by Crippen LogP contribution is 2.22. The average Bonchev–Trinajstić information content (AvgIpc) is 2.65. The van der Waals surface area contributed by atoms with Crippen LogP contribution in [0.15, 0.2) is 47.4 Å². The van der Waals surface area contributed by atoms with Gasteiger partial charge in [-0.2, -0.15) is 0 Å².